The van der Waals surface area contributed by atoms with Crippen LogP contribution in [0.15, 0.2) is 18.5 Å². The van der Waals surface area contributed by atoms with Crippen LogP contribution >= 0.6 is 0 Å². The Morgan fingerprint density at radius 1 is 0.923 bits per heavy atom. The molecule has 2 aromatic heterocycles. The summed E-state index contributed by atoms with van der Waals surface area (Å²) in [6, 6.07) is 2.32. The predicted octanol–water partition coefficient (Wildman–Crippen LogP) is 2.93. The molecule has 0 bridgehead atoms. The number of rotatable bonds is 5. The van der Waals surface area contributed by atoms with E-state index in [1.54, 1.807) is 0 Å². The molecule has 4 heterocycles. The van der Waals surface area contributed by atoms with E-state index < -0.39 is 0 Å². The highest BCUT2D eigenvalue weighted by Gasteiger charge is 2.31. The Morgan fingerprint density at radius 3 is 2.50 bits per heavy atom. The second-order valence-electron chi connectivity index (χ2n) is 9.16. The fourth-order valence-corrected chi connectivity index (χ4v) is 4.54. The minimum atomic E-state index is 0.0354. The van der Waals surface area contributed by atoms with Crippen LogP contribution in [0.5, 0.6) is 0 Å². The van der Waals surface area contributed by atoms with Crippen LogP contribution < -0.4 is 10.6 Å². The van der Waals surface area contributed by atoms with Crippen LogP contribution in [0, 0.1) is 0 Å². The molecule has 0 fully saturated rings. The fourth-order valence-electron chi connectivity index (χ4n) is 4.54. The molecule has 0 saturated heterocycles. The van der Waals surface area contributed by atoms with Crippen LogP contribution in [0.2, 0.25) is 0 Å². The van der Waals surface area contributed by atoms with E-state index in [0.717, 1.165) is 51.9 Å². The summed E-state index contributed by atoms with van der Waals surface area (Å²) in [4.78, 5) is 0. The quantitative estimate of drug-likeness (QED) is 0.867. The van der Waals surface area contributed by atoms with Crippen molar-refractivity contribution in [3.63, 3.8) is 0 Å². The highest BCUT2D eigenvalue weighted by Crippen LogP contribution is 2.33. The first-order chi connectivity index (χ1) is 12.4. The molecular weight excluding hydrogens is 322 g/mol. The van der Waals surface area contributed by atoms with Gasteiger partial charge in [-0.1, -0.05) is 0 Å². The molecule has 0 radical (unpaired) electrons. The Balaban J connectivity index is 1.52. The van der Waals surface area contributed by atoms with E-state index in [1.165, 1.54) is 22.5 Å². The van der Waals surface area contributed by atoms with Gasteiger partial charge in [-0.3, -0.25) is 4.68 Å². The summed E-state index contributed by atoms with van der Waals surface area (Å²) < 4.78 is 4.80. The van der Waals surface area contributed by atoms with Gasteiger partial charge in [-0.2, -0.15) is 5.10 Å². The zero-order valence-electron chi connectivity index (χ0n) is 16.7. The standard InChI is InChI=1S/C21H33N5/c1-20(2,25-12-7-16-5-10-23-15-19(16)25)8-9-21(3,4)26-18-6-11-22-13-17(18)14-24-26/h7,12,14,22-23H,5-6,8-11,13,15H2,1-4H3. The number of aromatic nitrogens is 3. The third-order valence-corrected chi connectivity index (χ3v) is 6.33. The third-order valence-electron chi connectivity index (χ3n) is 6.33. The van der Waals surface area contributed by atoms with Gasteiger partial charge >= 0.3 is 0 Å². The van der Waals surface area contributed by atoms with Crippen LogP contribution in [-0.4, -0.2) is 27.4 Å². The Hall–Kier alpha value is -1.59. The van der Waals surface area contributed by atoms with Gasteiger partial charge in [0.1, 0.15) is 0 Å². The molecule has 0 aromatic carbocycles. The molecular formula is C21H33N5. The molecule has 5 nitrogen and oxygen atoms in total. The van der Waals surface area contributed by atoms with E-state index >= 15 is 0 Å². The van der Waals surface area contributed by atoms with Gasteiger partial charge in [-0.25, -0.2) is 0 Å². The molecule has 0 saturated carbocycles. The number of nitrogens with zero attached hydrogens (tertiary/aromatic N) is 3. The lowest BCUT2D eigenvalue weighted by Crippen LogP contribution is -2.37. The van der Waals surface area contributed by atoms with Gasteiger partial charge in [0.05, 0.1) is 11.7 Å². The molecule has 5 heteroatoms. The van der Waals surface area contributed by atoms with Crippen molar-refractivity contribution in [2.75, 3.05) is 13.1 Å². The maximum Gasteiger partial charge on any atom is 0.0575 e. The monoisotopic (exact) mass is 355 g/mol. The van der Waals surface area contributed by atoms with E-state index in [2.05, 4.69) is 66.0 Å². The van der Waals surface area contributed by atoms with Crippen molar-refractivity contribution in [3.8, 4) is 0 Å². The van der Waals surface area contributed by atoms with Gasteiger partial charge in [0, 0.05) is 54.7 Å². The number of fused-ring (bicyclic) bond motifs is 2. The van der Waals surface area contributed by atoms with Crippen molar-refractivity contribution >= 4 is 0 Å². The maximum absolute atomic E-state index is 4.76. The van der Waals surface area contributed by atoms with Crippen molar-refractivity contribution in [3.05, 3.63) is 41.0 Å². The predicted molar refractivity (Wildman–Crippen MR) is 105 cm³/mol. The summed E-state index contributed by atoms with van der Waals surface area (Å²) in [5.41, 5.74) is 5.93. The average molecular weight is 356 g/mol. The summed E-state index contributed by atoms with van der Waals surface area (Å²) in [7, 11) is 0. The van der Waals surface area contributed by atoms with Crippen molar-refractivity contribution in [1.82, 2.24) is 25.0 Å². The third kappa shape index (κ3) is 3.12. The Kier molecular flexibility index (Phi) is 4.48. The first-order valence-corrected chi connectivity index (χ1v) is 10.1. The summed E-state index contributed by atoms with van der Waals surface area (Å²) >= 11 is 0. The molecule has 4 rings (SSSR count). The van der Waals surface area contributed by atoms with Gasteiger partial charge in [-0.05, 0) is 65.1 Å². The first kappa shape index (κ1) is 17.8. The van der Waals surface area contributed by atoms with Crippen molar-refractivity contribution in [2.45, 2.75) is 77.5 Å². The molecule has 0 aliphatic carbocycles. The molecule has 2 N–H and O–H groups in total. The lowest BCUT2D eigenvalue weighted by Gasteiger charge is -2.36. The zero-order chi connectivity index (χ0) is 18.4. The largest absolute Gasteiger partial charge is 0.344 e. The fraction of sp³-hybridized carbons (Fsp3) is 0.667. The van der Waals surface area contributed by atoms with E-state index in [4.69, 9.17) is 5.10 Å². The van der Waals surface area contributed by atoms with E-state index in [0.29, 0.717) is 0 Å². The number of nitrogens with one attached hydrogen (secondary N) is 2. The molecule has 2 aliphatic rings. The number of hydrogen-bond acceptors (Lipinski definition) is 3. The molecule has 0 amide bonds. The molecule has 142 valence electrons. The number of hydrogen-bond donors (Lipinski definition) is 2. The highest BCUT2D eigenvalue weighted by molar-refractivity contribution is 5.26. The lowest BCUT2D eigenvalue weighted by molar-refractivity contribution is 0.217. The van der Waals surface area contributed by atoms with E-state index in [1.807, 2.05) is 0 Å². The summed E-state index contributed by atoms with van der Waals surface area (Å²) in [5.74, 6) is 0. The Morgan fingerprint density at radius 2 is 1.65 bits per heavy atom. The smallest absolute Gasteiger partial charge is 0.0575 e. The molecule has 0 spiro atoms. The molecule has 26 heavy (non-hydrogen) atoms. The molecule has 2 aromatic rings. The van der Waals surface area contributed by atoms with Gasteiger partial charge in [0.2, 0.25) is 0 Å². The van der Waals surface area contributed by atoms with Gasteiger partial charge in [0.15, 0.2) is 0 Å². The summed E-state index contributed by atoms with van der Waals surface area (Å²) in [6.07, 6.45) is 8.83. The highest BCUT2D eigenvalue weighted by atomic mass is 15.3. The first-order valence-electron chi connectivity index (χ1n) is 10.1. The van der Waals surface area contributed by atoms with Gasteiger partial charge < -0.3 is 15.2 Å². The summed E-state index contributed by atoms with van der Waals surface area (Å²) in [6.45, 7) is 13.5. The van der Waals surface area contributed by atoms with Crippen LogP contribution in [0.3, 0.4) is 0 Å². The SMILES string of the molecule is CC(C)(CCC(C)(C)n1ncc2c1CCNC2)n1ccc2c1CNCC2. The van der Waals surface area contributed by atoms with Crippen LogP contribution in [0.25, 0.3) is 0 Å². The van der Waals surface area contributed by atoms with E-state index in [9.17, 15) is 0 Å². The maximum atomic E-state index is 4.76. The van der Waals surface area contributed by atoms with E-state index in [-0.39, 0.29) is 11.1 Å². The second kappa shape index (κ2) is 6.54. The zero-order valence-corrected chi connectivity index (χ0v) is 16.7. The van der Waals surface area contributed by atoms with Gasteiger partial charge in [0.25, 0.3) is 0 Å². The van der Waals surface area contributed by atoms with Crippen LogP contribution in [0.4, 0.5) is 0 Å². The normalized spacial score (nSPS) is 17.8. The summed E-state index contributed by atoms with van der Waals surface area (Å²) in [5, 5.41) is 11.7. The minimum absolute atomic E-state index is 0.0354. The Bertz CT molecular complexity index is 714. The lowest BCUT2D eigenvalue weighted by atomic mass is 9.88. The van der Waals surface area contributed by atoms with Crippen LogP contribution in [-0.2, 0) is 37.0 Å². The molecule has 2 aliphatic heterocycles. The topological polar surface area (TPSA) is 46.8 Å². The van der Waals surface area contributed by atoms with Crippen LogP contribution in [0.1, 0.15) is 63.1 Å². The van der Waals surface area contributed by atoms with Crippen molar-refractivity contribution in [1.29, 1.82) is 0 Å². The van der Waals surface area contributed by atoms with Crippen molar-refractivity contribution in [2.24, 2.45) is 0 Å². The molecule has 0 unspecified atom stereocenters. The van der Waals surface area contributed by atoms with Gasteiger partial charge in [-0.15, -0.1) is 0 Å². The molecule has 0 atom stereocenters. The minimum Gasteiger partial charge on any atom is -0.344 e. The average Bonchev–Trinajstić information content (AvgIpc) is 3.25. The Labute approximate surface area is 157 Å². The second-order valence-corrected chi connectivity index (χ2v) is 9.16. The van der Waals surface area contributed by atoms with Crippen molar-refractivity contribution < 1.29 is 0 Å².